The number of carbonyl (C=O) groups excluding carboxylic acids is 2. The number of halogens is 3. The van der Waals surface area contributed by atoms with Gasteiger partial charge in [0.15, 0.2) is 6.04 Å². The van der Waals surface area contributed by atoms with Crippen LogP contribution in [-0.2, 0) is 14.3 Å². The summed E-state index contributed by atoms with van der Waals surface area (Å²) in [7, 11) is 2.33. The molecule has 2 aromatic carbocycles. The molecule has 1 atom stereocenters. The van der Waals surface area contributed by atoms with E-state index in [1.807, 2.05) is 0 Å². The molecule has 128 valence electrons. The van der Waals surface area contributed by atoms with Gasteiger partial charge < -0.3 is 14.8 Å². The summed E-state index contributed by atoms with van der Waals surface area (Å²) in [6.45, 7) is 0. The number of esters is 1. The zero-order valence-electron chi connectivity index (χ0n) is 12.8. The summed E-state index contributed by atoms with van der Waals surface area (Å²) in [6, 6.07) is 8.27. The summed E-state index contributed by atoms with van der Waals surface area (Å²) in [5, 5.41) is 2.81. The summed E-state index contributed by atoms with van der Waals surface area (Å²) < 4.78 is 47.5. The Kier molecular flexibility index (Phi) is 4.96. The largest absolute Gasteiger partial charge is 0.496 e. The second-order valence-corrected chi connectivity index (χ2v) is 4.83. The van der Waals surface area contributed by atoms with Crippen molar-refractivity contribution in [1.29, 1.82) is 0 Å². The van der Waals surface area contributed by atoms with Gasteiger partial charge in [-0.2, -0.15) is 13.2 Å². The van der Waals surface area contributed by atoms with Crippen molar-refractivity contribution in [2.45, 2.75) is 12.2 Å². The van der Waals surface area contributed by atoms with Crippen LogP contribution in [0.15, 0.2) is 36.4 Å². The van der Waals surface area contributed by atoms with Gasteiger partial charge in [0, 0.05) is 5.56 Å². The van der Waals surface area contributed by atoms with Crippen LogP contribution < -0.4 is 10.1 Å². The second-order valence-electron chi connectivity index (χ2n) is 4.83. The van der Waals surface area contributed by atoms with E-state index in [2.05, 4.69) is 4.74 Å². The number of alkyl halides is 3. The summed E-state index contributed by atoms with van der Waals surface area (Å²) in [4.78, 5) is 23.3. The number of ether oxygens (including phenoxy) is 2. The number of nitrogens with one attached hydrogen (secondary N) is 1. The fourth-order valence-electron chi connectivity index (χ4n) is 2.33. The van der Waals surface area contributed by atoms with E-state index in [4.69, 9.17) is 4.74 Å². The molecular weight excluding hydrogens is 327 g/mol. The molecule has 24 heavy (non-hydrogen) atoms. The Balaban J connectivity index is 2.63. The highest BCUT2D eigenvalue weighted by Gasteiger charge is 2.42. The van der Waals surface area contributed by atoms with Gasteiger partial charge in [0.2, 0.25) is 0 Å². The molecule has 8 heteroatoms. The Morgan fingerprint density at radius 1 is 1.08 bits per heavy atom. The van der Waals surface area contributed by atoms with Gasteiger partial charge in [-0.3, -0.25) is 4.79 Å². The van der Waals surface area contributed by atoms with Crippen molar-refractivity contribution in [3.8, 4) is 5.75 Å². The van der Waals surface area contributed by atoms with E-state index in [-0.39, 0.29) is 11.3 Å². The second kappa shape index (κ2) is 6.77. The predicted molar refractivity (Wildman–Crippen MR) is 79.5 cm³/mol. The molecule has 1 N–H and O–H groups in total. The smallest absolute Gasteiger partial charge is 0.471 e. The van der Waals surface area contributed by atoms with Crippen LogP contribution in [0.5, 0.6) is 5.75 Å². The zero-order valence-corrected chi connectivity index (χ0v) is 12.8. The van der Waals surface area contributed by atoms with E-state index in [0.29, 0.717) is 10.8 Å². The van der Waals surface area contributed by atoms with Gasteiger partial charge in [-0.05, 0) is 16.8 Å². The number of hydrogen-bond acceptors (Lipinski definition) is 4. The average molecular weight is 341 g/mol. The Labute approximate surface area is 135 Å². The lowest BCUT2D eigenvalue weighted by molar-refractivity contribution is -0.175. The van der Waals surface area contributed by atoms with E-state index in [9.17, 15) is 22.8 Å². The molecule has 0 fully saturated rings. The van der Waals surface area contributed by atoms with Gasteiger partial charge in [-0.25, -0.2) is 4.79 Å². The van der Waals surface area contributed by atoms with Crippen molar-refractivity contribution >= 4 is 22.6 Å². The molecule has 0 aromatic heterocycles. The highest BCUT2D eigenvalue weighted by molar-refractivity contribution is 5.95. The molecule has 0 aliphatic heterocycles. The molecule has 2 aromatic rings. The highest BCUT2D eigenvalue weighted by atomic mass is 19.4. The van der Waals surface area contributed by atoms with Crippen LogP contribution in [0.3, 0.4) is 0 Å². The topological polar surface area (TPSA) is 64.6 Å². The Morgan fingerprint density at radius 3 is 2.33 bits per heavy atom. The maximum atomic E-state index is 12.6. The van der Waals surface area contributed by atoms with Crippen LogP contribution in [0.25, 0.3) is 10.8 Å². The average Bonchev–Trinajstić information content (AvgIpc) is 2.57. The Morgan fingerprint density at radius 2 is 1.75 bits per heavy atom. The first-order chi connectivity index (χ1) is 11.3. The molecule has 0 bridgehead atoms. The minimum atomic E-state index is -5.13. The third-order valence-electron chi connectivity index (χ3n) is 3.41. The van der Waals surface area contributed by atoms with Crippen LogP contribution in [0, 0.1) is 0 Å². The Hall–Kier alpha value is -2.77. The van der Waals surface area contributed by atoms with Crippen molar-refractivity contribution in [2.24, 2.45) is 0 Å². The van der Waals surface area contributed by atoms with Crippen molar-refractivity contribution in [1.82, 2.24) is 5.32 Å². The van der Waals surface area contributed by atoms with Crippen molar-refractivity contribution in [3.05, 3.63) is 42.0 Å². The molecule has 0 saturated carbocycles. The van der Waals surface area contributed by atoms with E-state index >= 15 is 0 Å². The molecular formula is C16H14F3NO4. The number of amides is 1. The van der Waals surface area contributed by atoms with Gasteiger partial charge in [-0.1, -0.05) is 30.3 Å². The lowest BCUT2D eigenvalue weighted by Crippen LogP contribution is -2.42. The predicted octanol–water partition coefficient (Wildman–Crippen LogP) is 2.74. The van der Waals surface area contributed by atoms with E-state index < -0.39 is 24.1 Å². The first kappa shape index (κ1) is 17.6. The molecule has 5 nitrogen and oxygen atoms in total. The van der Waals surface area contributed by atoms with Gasteiger partial charge >= 0.3 is 18.1 Å². The fourth-order valence-corrected chi connectivity index (χ4v) is 2.33. The third-order valence-corrected chi connectivity index (χ3v) is 3.41. The fraction of sp³-hybridized carbons (Fsp3) is 0.250. The zero-order chi connectivity index (χ0) is 17.9. The molecule has 2 rings (SSSR count). The van der Waals surface area contributed by atoms with Crippen LogP contribution in [-0.4, -0.2) is 32.3 Å². The maximum Gasteiger partial charge on any atom is 0.471 e. The first-order valence-corrected chi connectivity index (χ1v) is 6.80. The molecule has 1 amide bonds. The SMILES string of the molecule is COC(=O)C(NC(=O)C(F)(F)F)c1c(OC)ccc2ccccc12. The minimum absolute atomic E-state index is 0.0973. The first-order valence-electron chi connectivity index (χ1n) is 6.80. The molecule has 0 saturated heterocycles. The number of fused-ring (bicyclic) bond motifs is 1. The minimum Gasteiger partial charge on any atom is -0.496 e. The molecule has 1 unspecified atom stereocenters. The van der Waals surface area contributed by atoms with Crippen LogP contribution in [0.1, 0.15) is 11.6 Å². The van der Waals surface area contributed by atoms with Gasteiger partial charge in [0.25, 0.3) is 0 Å². The lowest BCUT2D eigenvalue weighted by atomic mass is 9.97. The number of hydrogen-bond donors (Lipinski definition) is 1. The van der Waals surface area contributed by atoms with Gasteiger partial charge in [0.1, 0.15) is 5.75 Å². The van der Waals surface area contributed by atoms with Gasteiger partial charge in [-0.15, -0.1) is 0 Å². The van der Waals surface area contributed by atoms with Crippen LogP contribution >= 0.6 is 0 Å². The van der Waals surface area contributed by atoms with Crippen LogP contribution in [0.4, 0.5) is 13.2 Å². The van der Waals surface area contributed by atoms with Crippen LogP contribution in [0.2, 0.25) is 0 Å². The lowest BCUT2D eigenvalue weighted by Gasteiger charge is -2.21. The standard InChI is InChI=1S/C16H14F3NO4/c1-23-11-8-7-9-5-3-4-6-10(9)12(11)13(14(21)24-2)20-15(22)16(17,18)19/h3-8,13H,1-2H3,(H,20,22). The van der Waals surface area contributed by atoms with E-state index in [0.717, 1.165) is 7.11 Å². The normalized spacial score (nSPS) is 12.5. The summed E-state index contributed by atoms with van der Waals surface area (Å²) in [5.74, 6) is -3.12. The molecule has 0 aliphatic carbocycles. The highest BCUT2D eigenvalue weighted by Crippen LogP contribution is 2.34. The molecule has 0 spiro atoms. The number of benzene rings is 2. The summed E-state index contributed by atoms with van der Waals surface area (Å²) >= 11 is 0. The quantitative estimate of drug-likeness (QED) is 0.869. The van der Waals surface area contributed by atoms with Crippen molar-refractivity contribution in [3.63, 3.8) is 0 Å². The van der Waals surface area contributed by atoms with E-state index in [1.54, 1.807) is 35.6 Å². The van der Waals surface area contributed by atoms with Crippen molar-refractivity contribution < 1.29 is 32.2 Å². The maximum absolute atomic E-state index is 12.6. The number of methoxy groups -OCH3 is 2. The van der Waals surface area contributed by atoms with Gasteiger partial charge in [0.05, 0.1) is 14.2 Å². The monoisotopic (exact) mass is 341 g/mol. The van der Waals surface area contributed by atoms with E-state index in [1.165, 1.54) is 13.2 Å². The molecule has 0 heterocycles. The molecule has 0 radical (unpaired) electrons. The van der Waals surface area contributed by atoms with Crippen molar-refractivity contribution in [2.75, 3.05) is 14.2 Å². The third kappa shape index (κ3) is 3.42. The number of carbonyl (C=O) groups is 2. The Bertz CT molecular complexity index is 773. The summed E-state index contributed by atoms with van der Waals surface area (Å²) in [6.07, 6.45) is -5.13. The molecule has 0 aliphatic rings. The number of rotatable bonds is 4. The summed E-state index contributed by atoms with van der Waals surface area (Å²) in [5.41, 5.74) is 0.0973.